The number of hydrogen-bond acceptors (Lipinski definition) is 4. The second-order valence-corrected chi connectivity index (χ2v) is 8.46. The van der Waals surface area contributed by atoms with Gasteiger partial charge in [-0.25, -0.2) is 0 Å². The predicted octanol–water partition coefficient (Wildman–Crippen LogP) is 1.48. The number of piperazine rings is 1. The van der Waals surface area contributed by atoms with Gasteiger partial charge in [-0.05, 0) is 37.4 Å². The van der Waals surface area contributed by atoms with Crippen molar-refractivity contribution in [3.05, 3.63) is 48.0 Å². The monoisotopic (exact) mass is 456 g/mol. The normalized spacial score (nSPS) is 17.1. The van der Waals surface area contributed by atoms with Crippen molar-refractivity contribution in [1.82, 2.24) is 9.80 Å². The van der Waals surface area contributed by atoms with Crippen LogP contribution in [0.5, 0.6) is 0 Å². The van der Waals surface area contributed by atoms with Gasteiger partial charge in [-0.3, -0.25) is 9.69 Å². The number of rotatable bonds is 3. The fourth-order valence-electron chi connectivity index (χ4n) is 3.64. The van der Waals surface area contributed by atoms with Crippen molar-refractivity contribution in [1.29, 1.82) is 0 Å². The predicted molar refractivity (Wildman–Crippen MR) is 108 cm³/mol. The Kier molecular flexibility index (Phi) is 7.02. The van der Waals surface area contributed by atoms with E-state index in [4.69, 9.17) is 0 Å². The van der Waals surface area contributed by atoms with E-state index in [-0.39, 0.29) is 24.7 Å². The third kappa shape index (κ3) is 4.77. The molecule has 1 saturated heterocycles. The van der Waals surface area contributed by atoms with E-state index in [9.17, 15) is 18.0 Å². The lowest BCUT2D eigenvalue weighted by molar-refractivity contribution is -0.137. The van der Waals surface area contributed by atoms with Crippen molar-refractivity contribution in [2.45, 2.75) is 22.4 Å². The number of halogens is 4. The van der Waals surface area contributed by atoms with Gasteiger partial charge in [-0.2, -0.15) is 13.2 Å². The second kappa shape index (κ2) is 9.18. The summed E-state index contributed by atoms with van der Waals surface area (Å²) < 4.78 is 39.9. The van der Waals surface area contributed by atoms with Gasteiger partial charge >= 0.3 is 6.18 Å². The van der Waals surface area contributed by atoms with E-state index >= 15 is 0 Å². The van der Waals surface area contributed by atoms with Crippen molar-refractivity contribution >= 4 is 29.0 Å². The lowest BCUT2D eigenvalue weighted by atomic mass is 10.1. The van der Waals surface area contributed by atoms with Gasteiger partial charge in [0.2, 0.25) is 5.91 Å². The molecule has 9 heteroatoms. The number of anilines is 2. The number of benzene rings is 2. The summed E-state index contributed by atoms with van der Waals surface area (Å²) in [5.74, 6) is -0.183. The van der Waals surface area contributed by atoms with E-state index in [0.717, 1.165) is 43.2 Å². The number of amides is 1. The maximum Gasteiger partial charge on any atom is 0.416 e. The molecule has 0 bridgehead atoms. The van der Waals surface area contributed by atoms with Crippen LogP contribution in [0.4, 0.5) is 24.5 Å². The molecule has 0 saturated carbocycles. The number of para-hydroxylation sites is 1. The Hall–Kier alpha value is -1.74. The summed E-state index contributed by atoms with van der Waals surface area (Å²) in [5.41, 5.74) is 0.215. The van der Waals surface area contributed by atoms with Crippen molar-refractivity contribution in [2.75, 3.05) is 44.7 Å². The first kappa shape index (κ1) is 22.9. The smallest absolute Gasteiger partial charge is 0.416 e. The summed E-state index contributed by atoms with van der Waals surface area (Å²) in [4.78, 5) is 20.7. The summed E-state index contributed by atoms with van der Waals surface area (Å²) in [6.45, 7) is 4.30. The van der Waals surface area contributed by atoms with E-state index in [0.29, 0.717) is 22.8 Å². The largest absolute Gasteiger partial charge is 1.00 e. The molecule has 2 heterocycles. The summed E-state index contributed by atoms with van der Waals surface area (Å²) in [5, 5.41) is 0. The molecule has 0 N–H and O–H groups in total. The van der Waals surface area contributed by atoms with Crippen LogP contribution >= 0.6 is 11.8 Å². The summed E-state index contributed by atoms with van der Waals surface area (Å²) in [7, 11) is 2.07. The van der Waals surface area contributed by atoms with Gasteiger partial charge < -0.3 is 22.2 Å². The highest BCUT2D eigenvalue weighted by molar-refractivity contribution is 7.99. The lowest BCUT2D eigenvalue weighted by Crippen LogP contribution is -3.00. The first-order valence-electron chi connectivity index (χ1n) is 9.55. The summed E-state index contributed by atoms with van der Waals surface area (Å²) in [6, 6.07) is 11.0. The van der Waals surface area contributed by atoms with Gasteiger partial charge in [0, 0.05) is 48.9 Å². The molecule has 0 radical (unpaired) electrons. The summed E-state index contributed by atoms with van der Waals surface area (Å²) in [6.07, 6.45) is -4.19. The molecule has 4 rings (SSSR count). The Balaban J connectivity index is 0.00000256. The quantitative estimate of drug-likeness (QED) is 0.699. The minimum atomic E-state index is -4.45. The average molecular weight is 457 g/mol. The van der Waals surface area contributed by atoms with Crippen LogP contribution in [-0.2, 0) is 11.0 Å². The van der Waals surface area contributed by atoms with E-state index in [1.165, 1.54) is 22.7 Å². The van der Waals surface area contributed by atoms with Crippen molar-refractivity contribution in [3.63, 3.8) is 0 Å². The van der Waals surface area contributed by atoms with Crippen LogP contribution < -0.4 is 17.3 Å². The molecule has 1 fully saturated rings. The maximum absolute atomic E-state index is 13.3. The van der Waals surface area contributed by atoms with Gasteiger partial charge in [-0.1, -0.05) is 23.9 Å². The zero-order valence-electron chi connectivity index (χ0n) is 16.5. The molecule has 162 valence electrons. The fourth-order valence-corrected chi connectivity index (χ4v) is 4.68. The maximum atomic E-state index is 13.3. The van der Waals surface area contributed by atoms with E-state index in [2.05, 4.69) is 16.8 Å². The Bertz CT molecular complexity index is 917. The van der Waals surface area contributed by atoms with Crippen LogP contribution in [0, 0.1) is 0 Å². The minimum Gasteiger partial charge on any atom is -1.00 e. The number of carbonyl (C=O) groups excluding carboxylic acids is 1. The van der Waals surface area contributed by atoms with Crippen LogP contribution in [0.2, 0.25) is 0 Å². The molecule has 0 aliphatic carbocycles. The SMILES string of the molecule is CN1CCN(CCC(=O)N2c3ccccc3Sc3ccc(C(F)(F)F)cc32)CC1.[Cl-]. The lowest BCUT2D eigenvalue weighted by Gasteiger charge is -2.34. The number of alkyl halides is 3. The van der Waals surface area contributed by atoms with Gasteiger partial charge in [0.05, 0.1) is 16.9 Å². The fraction of sp³-hybridized carbons (Fsp3) is 0.381. The first-order chi connectivity index (χ1) is 13.8. The third-order valence-corrected chi connectivity index (χ3v) is 6.47. The standard InChI is InChI=1S/C21H22F3N3OS.ClH/c1-25-10-12-26(13-11-25)9-8-20(28)27-16-4-2-3-5-18(16)29-19-7-6-15(14-17(19)27)21(22,23)24;/h2-7,14H,8-13H2,1H3;1H/p-1. The summed E-state index contributed by atoms with van der Waals surface area (Å²) >= 11 is 1.39. The van der Waals surface area contributed by atoms with Crippen LogP contribution in [0.15, 0.2) is 52.3 Å². The topological polar surface area (TPSA) is 26.8 Å². The molecule has 2 aliphatic rings. The minimum absolute atomic E-state index is 0. The molecule has 30 heavy (non-hydrogen) atoms. The number of hydrogen-bond donors (Lipinski definition) is 0. The Morgan fingerprint density at radius 1 is 1.00 bits per heavy atom. The molecular formula is C21H22ClF3N3OS-. The number of carbonyl (C=O) groups is 1. The Morgan fingerprint density at radius 2 is 1.67 bits per heavy atom. The molecule has 0 aromatic heterocycles. The molecule has 4 nitrogen and oxygen atoms in total. The van der Waals surface area contributed by atoms with Gasteiger partial charge in [0.1, 0.15) is 0 Å². The number of likely N-dealkylation sites (N-methyl/N-ethyl adjacent to an activating group) is 1. The van der Waals surface area contributed by atoms with E-state index in [1.807, 2.05) is 12.1 Å². The Labute approximate surface area is 184 Å². The van der Waals surface area contributed by atoms with Crippen molar-refractivity contribution in [3.8, 4) is 0 Å². The van der Waals surface area contributed by atoms with E-state index < -0.39 is 11.7 Å². The van der Waals surface area contributed by atoms with Crippen molar-refractivity contribution < 1.29 is 30.4 Å². The highest BCUT2D eigenvalue weighted by atomic mass is 35.5. The molecule has 1 amide bonds. The molecule has 0 atom stereocenters. The van der Waals surface area contributed by atoms with Crippen LogP contribution in [-0.4, -0.2) is 55.5 Å². The third-order valence-electron chi connectivity index (χ3n) is 5.34. The molecule has 2 aromatic carbocycles. The van der Waals surface area contributed by atoms with Crippen molar-refractivity contribution in [2.24, 2.45) is 0 Å². The van der Waals surface area contributed by atoms with Crippen LogP contribution in [0.1, 0.15) is 12.0 Å². The molecule has 2 aliphatic heterocycles. The van der Waals surface area contributed by atoms with Crippen LogP contribution in [0.3, 0.4) is 0 Å². The first-order valence-corrected chi connectivity index (χ1v) is 10.4. The second-order valence-electron chi connectivity index (χ2n) is 7.37. The molecular weight excluding hydrogens is 435 g/mol. The van der Waals surface area contributed by atoms with Gasteiger partial charge in [0.15, 0.2) is 0 Å². The molecule has 0 unspecified atom stereocenters. The molecule has 2 aromatic rings. The number of nitrogens with zero attached hydrogens (tertiary/aromatic N) is 3. The molecule has 0 spiro atoms. The zero-order chi connectivity index (χ0) is 20.6. The van der Waals surface area contributed by atoms with E-state index in [1.54, 1.807) is 12.1 Å². The number of fused-ring (bicyclic) bond motifs is 2. The highest BCUT2D eigenvalue weighted by Crippen LogP contribution is 2.49. The highest BCUT2D eigenvalue weighted by Gasteiger charge is 2.34. The average Bonchev–Trinajstić information content (AvgIpc) is 2.70. The Morgan fingerprint density at radius 3 is 2.37 bits per heavy atom. The van der Waals surface area contributed by atoms with Gasteiger partial charge in [0.25, 0.3) is 0 Å². The van der Waals surface area contributed by atoms with Crippen LogP contribution in [0.25, 0.3) is 0 Å². The van der Waals surface area contributed by atoms with Gasteiger partial charge in [-0.15, -0.1) is 0 Å². The zero-order valence-corrected chi connectivity index (χ0v) is 18.0.